The van der Waals surface area contributed by atoms with Crippen molar-refractivity contribution in [3.05, 3.63) is 52.3 Å². The highest BCUT2D eigenvalue weighted by atomic mass is 16.8. The maximum Gasteiger partial charge on any atom is 0.333 e. The van der Waals surface area contributed by atoms with E-state index in [1.807, 2.05) is 6.92 Å². The number of aliphatic hydroxyl groups is 1. The number of rotatable bonds is 12. The molecule has 0 radical (unpaired) electrons. The molecule has 1 aliphatic rings. The fourth-order valence-electron chi connectivity index (χ4n) is 3.33. The molecule has 0 aliphatic heterocycles. The number of esters is 1. The Morgan fingerprint density at radius 3 is 2.61 bits per heavy atom. The number of aromatic amines is 1. The maximum absolute atomic E-state index is 12.6. The summed E-state index contributed by atoms with van der Waals surface area (Å²) in [7, 11) is 0. The summed E-state index contributed by atoms with van der Waals surface area (Å²) in [6.07, 6.45) is 3.45. The van der Waals surface area contributed by atoms with Crippen LogP contribution in [0.3, 0.4) is 0 Å². The molecule has 12 nitrogen and oxygen atoms in total. The zero-order valence-electron chi connectivity index (χ0n) is 20.5. The minimum absolute atomic E-state index is 0.134. The van der Waals surface area contributed by atoms with Gasteiger partial charge in [0.25, 0.3) is 11.8 Å². The van der Waals surface area contributed by atoms with Gasteiger partial charge >= 0.3 is 5.97 Å². The third-order valence-corrected chi connectivity index (χ3v) is 5.46. The minimum Gasteiger partial charge on any atom is -0.437 e. The molecule has 0 unspecified atom stereocenters. The third-order valence-electron chi connectivity index (χ3n) is 5.46. The van der Waals surface area contributed by atoms with Gasteiger partial charge in [-0.1, -0.05) is 6.07 Å². The molecular weight excluding hydrogens is 470 g/mol. The van der Waals surface area contributed by atoms with Crippen molar-refractivity contribution in [2.75, 3.05) is 31.8 Å². The van der Waals surface area contributed by atoms with Crippen molar-refractivity contribution in [1.29, 1.82) is 5.41 Å². The summed E-state index contributed by atoms with van der Waals surface area (Å²) < 4.78 is 9.80. The van der Waals surface area contributed by atoms with E-state index < -0.39 is 26.2 Å². The van der Waals surface area contributed by atoms with Crippen LogP contribution in [0, 0.1) is 19.3 Å². The molecule has 194 valence electrons. The number of hydrogen-bond acceptors (Lipinski definition) is 8. The number of carbonyl (C=O) groups is 3. The molecule has 1 saturated carbocycles. The van der Waals surface area contributed by atoms with E-state index in [2.05, 4.69) is 20.4 Å². The van der Waals surface area contributed by atoms with E-state index in [9.17, 15) is 14.4 Å². The number of amidine groups is 1. The summed E-state index contributed by atoms with van der Waals surface area (Å²) in [6.45, 7) is 4.11. The van der Waals surface area contributed by atoms with Gasteiger partial charge in [0, 0.05) is 24.3 Å². The highest BCUT2D eigenvalue weighted by Crippen LogP contribution is 2.26. The van der Waals surface area contributed by atoms with E-state index >= 15 is 0 Å². The Balaban J connectivity index is 1.86. The van der Waals surface area contributed by atoms with Crippen molar-refractivity contribution >= 4 is 29.3 Å². The first kappa shape index (κ1) is 26.9. The quantitative estimate of drug-likeness (QED) is 0.0729. The van der Waals surface area contributed by atoms with Crippen LogP contribution >= 0.6 is 0 Å². The molecule has 0 bridgehead atoms. The number of hydrogen-bond donors (Lipinski definition) is 5. The molecule has 1 aromatic heterocycles. The molecule has 12 heteroatoms. The van der Waals surface area contributed by atoms with Crippen molar-refractivity contribution in [3.63, 3.8) is 0 Å². The number of benzene rings is 1. The standard InChI is InChI=1S/C24H31N5O7/c1-4-26-23(32)16-6-5-14(2)19(9-16)29(36-13-34-12-35-20(31)11-30)22(25)21-15(3)18(10-27-21)24(33)28-17-7-8-17/h5-6,9-10,17,25,27,30H,4,7-8,11-13H2,1-3H3,(H,26,32)(H,28,33). The summed E-state index contributed by atoms with van der Waals surface area (Å²) in [4.78, 5) is 44.8. The number of ether oxygens (including phenoxy) is 2. The number of carbonyl (C=O) groups excluding carboxylic acids is 3. The Bertz CT molecular complexity index is 1130. The largest absolute Gasteiger partial charge is 0.437 e. The van der Waals surface area contributed by atoms with Crippen LogP contribution in [0.2, 0.25) is 0 Å². The van der Waals surface area contributed by atoms with Gasteiger partial charge in [0.1, 0.15) is 6.61 Å². The molecule has 1 heterocycles. The third kappa shape index (κ3) is 6.68. The van der Waals surface area contributed by atoms with Gasteiger partial charge in [-0.2, -0.15) is 5.06 Å². The first-order valence-electron chi connectivity index (χ1n) is 11.5. The van der Waals surface area contributed by atoms with Gasteiger partial charge in [0.2, 0.25) is 0 Å². The Morgan fingerprint density at radius 1 is 1.19 bits per heavy atom. The highest BCUT2D eigenvalue weighted by molar-refractivity contribution is 6.09. The van der Waals surface area contributed by atoms with Crippen molar-refractivity contribution in [2.24, 2.45) is 0 Å². The molecule has 3 rings (SSSR count). The van der Waals surface area contributed by atoms with Crippen LogP contribution in [0.15, 0.2) is 24.4 Å². The van der Waals surface area contributed by atoms with Crippen LogP contribution in [-0.4, -0.2) is 66.5 Å². The number of nitrogens with zero attached hydrogens (tertiary/aromatic N) is 1. The number of amides is 2. The monoisotopic (exact) mass is 501 g/mol. The molecule has 0 saturated heterocycles. The summed E-state index contributed by atoms with van der Waals surface area (Å²) in [6, 6.07) is 5.16. The van der Waals surface area contributed by atoms with E-state index in [-0.39, 0.29) is 23.7 Å². The van der Waals surface area contributed by atoms with Crippen molar-refractivity contribution in [2.45, 2.75) is 39.7 Å². The molecule has 0 atom stereocenters. The SMILES string of the molecule is CCNC(=O)c1ccc(C)c(N(OCOCOC(=O)CO)C(=N)c2[nH]cc(C(=O)NC3CC3)c2C)c1. The molecule has 1 aromatic carbocycles. The second kappa shape index (κ2) is 12.3. The molecule has 1 aliphatic carbocycles. The van der Waals surface area contributed by atoms with Crippen LogP contribution in [0.25, 0.3) is 0 Å². The second-order valence-corrected chi connectivity index (χ2v) is 8.20. The average molecular weight is 502 g/mol. The van der Waals surface area contributed by atoms with Gasteiger partial charge in [-0.15, -0.1) is 0 Å². The zero-order valence-corrected chi connectivity index (χ0v) is 20.5. The number of nitrogens with one attached hydrogen (secondary N) is 4. The first-order chi connectivity index (χ1) is 17.3. The molecule has 36 heavy (non-hydrogen) atoms. The van der Waals surface area contributed by atoms with Gasteiger partial charge in [0.05, 0.1) is 16.9 Å². The summed E-state index contributed by atoms with van der Waals surface area (Å²) >= 11 is 0. The predicted octanol–water partition coefficient (Wildman–Crippen LogP) is 1.50. The lowest BCUT2D eigenvalue weighted by molar-refractivity contribution is -0.170. The van der Waals surface area contributed by atoms with Crippen LogP contribution < -0.4 is 15.7 Å². The van der Waals surface area contributed by atoms with Gasteiger partial charge in [-0.3, -0.25) is 15.0 Å². The normalized spacial score (nSPS) is 12.7. The first-order valence-corrected chi connectivity index (χ1v) is 11.5. The molecule has 1 fully saturated rings. The summed E-state index contributed by atoms with van der Waals surface area (Å²) in [5.41, 5.74) is 2.78. The number of hydroxylamine groups is 1. The van der Waals surface area contributed by atoms with E-state index in [1.165, 1.54) is 11.3 Å². The number of aryl methyl sites for hydroxylation is 1. The van der Waals surface area contributed by atoms with Crippen molar-refractivity contribution < 1.29 is 33.8 Å². The lowest BCUT2D eigenvalue weighted by Crippen LogP contribution is -2.34. The summed E-state index contributed by atoms with van der Waals surface area (Å²) in [5, 5.41) is 24.4. The predicted molar refractivity (Wildman–Crippen MR) is 130 cm³/mol. The number of aromatic nitrogens is 1. The molecule has 2 aromatic rings. The maximum atomic E-state index is 12.6. The van der Waals surface area contributed by atoms with Crippen molar-refractivity contribution in [3.8, 4) is 0 Å². The molecular formula is C24H31N5O7. The second-order valence-electron chi connectivity index (χ2n) is 8.20. The lowest BCUT2D eigenvalue weighted by atomic mass is 10.1. The fraction of sp³-hybridized carbons (Fsp3) is 0.417. The molecule has 5 N–H and O–H groups in total. The van der Waals surface area contributed by atoms with Crippen LogP contribution in [-0.2, 0) is 19.1 Å². The molecule has 2 amide bonds. The van der Waals surface area contributed by atoms with Crippen LogP contribution in [0.5, 0.6) is 0 Å². The van der Waals surface area contributed by atoms with E-state index in [0.29, 0.717) is 40.2 Å². The topological polar surface area (TPSA) is 166 Å². The van der Waals surface area contributed by atoms with Gasteiger partial charge in [0.15, 0.2) is 19.4 Å². The van der Waals surface area contributed by atoms with E-state index in [0.717, 1.165) is 12.8 Å². The lowest BCUT2D eigenvalue weighted by Gasteiger charge is -2.26. The Morgan fingerprint density at radius 2 is 1.94 bits per heavy atom. The van der Waals surface area contributed by atoms with Gasteiger partial charge in [-0.25, -0.2) is 9.63 Å². The smallest absolute Gasteiger partial charge is 0.333 e. The Kier molecular flexibility index (Phi) is 9.17. The van der Waals surface area contributed by atoms with E-state index in [1.54, 1.807) is 32.0 Å². The van der Waals surface area contributed by atoms with E-state index in [4.69, 9.17) is 20.1 Å². The zero-order chi connectivity index (χ0) is 26.2. The highest BCUT2D eigenvalue weighted by Gasteiger charge is 2.27. The van der Waals surface area contributed by atoms with Gasteiger partial charge < -0.3 is 30.2 Å². The fourth-order valence-corrected chi connectivity index (χ4v) is 3.33. The van der Waals surface area contributed by atoms with Crippen LogP contribution in [0.1, 0.15) is 57.3 Å². The van der Waals surface area contributed by atoms with Crippen molar-refractivity contribution in [1.82, 2.24) is 15.6 Å². The number of anilines is 1. The average Bonchev–Trinajstić information content (AvgIpc) is 3.59. The Hall–Kier alpha value is -3.74. The van der Waals surface area contributed by atoms with Crippen LogP contribution in [0.4, 0.5) is 5.69 Å². The summed E-state index contributed by atoms with van der Waals surface area (Å²) in [5.74, 6) is -1.50. The molecule has 0 spiro atoms. The number of H-pyrrole nitrogens is 1. The Labute approximate surface area is 208 Å². The van der Waals surface area contributed by atoms with Gasteiger partial charge in [-0.05, 0) is 56.9 Å². The number of aliphatic hydroxyl groups excluding tert-OH is 1. The minimum atomic E-state index is -0.857.